The summed E-state index contributed by atoms with van der Waals surface area (Å²) in [5.74, 6) is 0. The highest BCUT2D eigenvalue weighted by molar-refractivity contribution is 4.79. The van der Waals surface area contributed by atoms with E-state index >= 15 is 0 Å². The third kappa shape index (κ3) is 5.76. The van der Waals surface area contributed by atoms with Gasteiger partial charge in [-0.2, -0.15) is 0 Å². The lowest BCUT2D eigenvalue weighted by Crippen LogP contribution is -2.36. The lowest BCUT2D eigenvalue weighted by atomic mass is 9.84. The molecule has 104 valence electrons. The molecule has 2 unspecified atom stereocenters. The fraction of sp³-hybridized carbons (Fsp3) is 1.00. The molecule has 6 nitrogen and oxygen atoms in total. The maximum atomic E-state index is 9.62. The second kappa shape index (κ2) is 8.79. The fourth-order valence-electron chi connectivity index (χ4n) is 1.53. The number of hydrogen-bond acceptors (Lipinski definition) is 6. The average molecular weight is 252 g/mol. The molecule has 0 amide bonds. The number of rotatable bonds is 10. The molecule has 0 saturated heterocycles. The maximum Gasteiger partial charge on any atom is 0.0800 e. The van der Waals surface area contributed by atoms with Crippen molar-refractivity contribution in [1.82, 2.24) is 0 Å². The van der Waals surface area contributed by atoms with Gasteiger partial charge in [0.1, 0.15) is 0 Å². The van der Waals surface area contributed by atoms with Crippen molar-refractivity contribution >= 4 is 0 Å². The molecule has 0 aromatic heterocycles. The van der Waals surface area contributed by atoms with Crippen molar-refractivity contribution in [3.8, 4) is 0 Å². The summed E-state index contributed by atoms with van der Waals surface area (Å²) in [6.45, 7) is -1.17. The lowest BCUT2D eigenvalue weighted by molar-refractivity contribution is -0.0329. The van der Waals surface area contributed by atoms with Crippen molar-refractivity contribution < 1.29 is 30.6 Å². The van der Waals surface area contributed by atoms with Crippen LogP contribution in [0.3, 0.4) is 0 Å². The van der Waals surface area contributed by atoms with Crippen LogP contribution in [0.5, 0.6) is 0 Å². The minimum absolute atomic E-state index is 0.0440. The normalized spacial score (nSPS) is 15.9. The third-order valence-electron chi connectivity index (χ3n) is 3.08. The predicted molar refractivity (Wildman–Crippen MR) is 61.3 cm³/mol. The summed E-state index contributed by atoms with van der Waals surface area (Å²) in [6, 6.07) is 0. The largest absolute Gasteiger partial charge is 0.396 e. The third-order valence-corrected chi connectivity index (χ3v) is 3.08. The van der Waals surface area contributed by atoms with Gasteiger partial charge in [0.25, 0.3) is 0 Å². The molecule has 6 N–H and O–H groups in total. The zero-order valence-corrected chi connectivity index (χ0v) is 9.99. The second-order valence-electron chi connectivity index (χ2n) is 4.51. The quantitative estimate of drug-likeness (QED) is 0.273. The standard InChI is InChI=1S/C11H24O6/c12-5-1-2-9(16)10(17)3-4-11(6-13,7-14)8-15/h9-10,12-17H,1-8H2. The van der Waals surface area contributed by atoms with E-state index in [1.54, 1.807) is 0 Å². The van der Waals surface area contributed by atoms with Crippen molar-refractivity contribution in [2.24, 2.45) is 5.41 Å². The van der Waals surface area contributed by atoms with Gasteiger partial charge in [-0.25, -0.2) is 0 Å². The predicted octanol–water partition coefficient (Wildman–Crippen LogP) is -1.78. The highest BCUT2D eigenvalue weighted by Gasteiger charge is 2.29. The Morgan fingerprint density at radius 3 is 1.65 bits per heavy atom. The van der Waals surface area contributed by atoms with Crippen molar-refractivity contribution in [3.05, 3.63) is 0 Å². The first kappa shape index (κ1) is 16.8. The lowest BCUT2D eigenvalue weighted by Gasteiger charge is -2.29. The first-order valence-corrected chi connectivity index (χ1v) is 5.85. The first-order chi connectivity index (χ1) is 8.05. The minimum Gasteiger partial charge on any atom is -0.396 e. The highest BCUT2D eigenvalue weighted by atomic mass is 16.3. The van der Waals surface area contributed by atoms with Gasteiger partial charge in [0.15, 0.2) is 0 Å². The first-order valence-electron chi connectivity index (χ1n) is 5.85. The van der Waals surface area contributed by atoms with E-state index in [1.165, 1.54) is 0 Å². The Kier molecular flexibility index (Phi) is 8.67. The van der Waals surface area contributed by atoms with Gasteiger partial charge >= 0.3 is 0 Å². The molecular formula is C11H24O6. The Bertz CT molecular complexity index is 175. The number of aliphatic hydroxyl groups excluding tert-OH is 6. The molecule has 0 aromatic carbocycles. The monoisotopic (exact) mass is 252 g/mol. The van der Waals surface area contributed by atoms with E-state index in [0.29, 0.717) is 12.8 Å². The van der Waals surface area contributed by atoms with Gasteiger partial charge in [0.05, 0.1) is 32.0 Å². The molecule has 6 heteroatoms. The zero-order chi connectivity index (χ0) is 13.3. The molecule has 0 aliphatic carbocycles. The SMILES string of the molecule is OCCCC(O)C(O)CCC(CO)(CO)CO. The van der Waals surface area contributed by atoms with E-state index in [9.17, 15) is 10.2 Å². The number of aliphatic hydroxyl groups is 6. The van der Waals surface area contributed by atoms with Crippen molar-refractivity contribution in [1.29, 1.82) is 0 Å². The van der Waals surface area contributed by atoms with Crippen LogP contribution in [0.2, 0.25) is 0 Å². The van der Waals surface area contributed by atoms with Crippen molar-refractivity contribution in [3.63, 3.8) is 0 Å². The van der Waals surface area contributed by atoms with Crippen LogP contribution in [-0.2, 0) is 0 Å². The summed E-state index contributed by atoms with van der Waals surface area (Å²) in [5.41, 5.74) is -1.02. The van der Waals surface area contributed by atoms with Crippen LogP contribution in [0.25, 0.3) is 0 Å². The topological polar surface area (TPSA) is 121 Å². The summed E-state index contributed by atoms with van der Waals surface area (Å²) >= 11 is 0. The Morgan fingerprint density at radius 2 is 1.24 bits per heavy atom. The van der Waals surface area contributed by atoms with Crippen LogP contribution in [-0.4, -0.2) is 69.3 Å². The maximum absolute atomic E-state index is 9.62. The van der Waals surface area contributed by atoms with Gasteiger partial charge in [0, 0.05) is 12.0 Å². The molecule has 2 atom stereocenters. The summed E-state index contributed by atoms with van der Waals surface area (Å²) in [6.07, 6.45) is -0.824. The van der Waals surface area contributed by atoms with Crippen LogP contribution in [0.15, 0.2) is 0 Å². The van der Waals surface area contributed by atoms with E-state index < -0.39 is 17.6 Å². The molecule has 0 bridgehead atoms. The van der Waals surface area contributed by atoms with Crippen LogP contribution in [0.1, 0.15) is 25.7 Å². The smallest absolute Gasteiger partial charge is 0.0800 e. The van der Waals surface area contributed by atoms with Crippen LogP contribution in [0.4, 0.5) is 0 Å². The molecule has 0 radical (unpaired) electrons. The molecular weight excluding hydrogens is 228 g/mol. The minimum atomic E-state index is -1.02. The Labute approximate surface area is 101 Å². The summed E-state index contributed by atoms with van der Waals surface area (Å²) in [7, 11) is 0. The average Bonchev–Trinajstić information content (AvgIpc) is 2.37. The van der Waals surface area contributed by atoms with Crippen molar-refractivity contribution in [2.75, 3.05) is 26.4 Å². The fourth-order valence-corrected chi connectivity index (χ4v) is 1.53. The number of hydrogen-bond donors (Lipinski definition) is 6. The summed E-state index contributed by atoms with van der Waals surface area (Å²) < 4.78 is 0. The van der Waals surface area contributed by atoms with Crippen LogP contribution >= 0.6 is 0 Å². The van der Waals surface area contributed by atoms with Gasteiger partial charge in [-0.05, 0) is 25.7 Å². The second-order valence-corrected chi connectivity index (χ2v) is 4.51. The van der Waals surface area contributed by atoms with Gasteiger partial charge in [0.2, 0.25) is 0 Å². The molecule has 17 heavy (non-hydrogen) atoms. The Hall–Kier alpha value is -0.240. The van der Waals surface area contributed by atoms with Crippen LogP contribution in [0, 0.1) is 5.41 Å². The van der Waals surface area contributed by atoms with Gasteiger partial charge in [-0.3, -0.25) is 0 Å². The molecule has 0 aromatic rings. The summed E-state index contributed by atoms with van der Waals surface area (Å²) in [5, 5.41) is 54.9. The molecule has 0 fully saturated rings. The summed E-state index contributed by atoms with van der Waals surface area (Å²) in [4.78, 5) is 0. The van der Waals surface area contributed by atoms with Crippen molar-refractivity contribution in [2.45, 2.75) is 37.9 Å². The molecule has 0 saturated carbocycles. The molecule has 0 aliphatic rings. The van der Waals surface area contributed by atoms with E-state index in [1.807, 2.05) is 0 Å². The van der Waals surface area contributed by atoms with Gasteiger partial charge in [-0.15, -0.1) is 0 Å². The Balaban J connectivity index is 4.07. The van der Waals surface area contributed by atoms with E-state index in [0.717, 1.165) is 0 Å². The van der Waals surface area contributed by atoms with Crippen LogP contribution < -0.4 is 0 Å². The van der Waals surface area contributed by atoms with E-state index in [4.69, 9.17) is 20.4 Å². The van der Waals surface area contributed by atoms with E-state index in [2.05, 4.69) is 0 Å². The molecule has 0 heterocycles. The molecule has 0 rings (SSSR count). The molecule has 0 spiro atoms. The van der Waals surface area contributed by atoms with E-state index in [-0.39, 0.29) is 39.3 Å². The zero-order valence-electron chi connectivity index (χ0n) is 9.99. The highest BCUT2D eigenvalue weighted by Crippen LogP contribution is 2.24. The van der Waals surface area contributed by atoms with Gasteiger partial charge < -0.3 is 30.6 Å². The molecule has 0 aliphatic heterocycles. The Morgan fingerprint density at radius 1 is 0.765 bits per heavy atom. The van der Waals surface area contributed by atoms with Gasteiger partial charge in [-0.1, -0.05) is 0 Å².